The molecule has 33 heavy (non-hydrogen) atoms. The van der Waals surface area contributed by atoms with Gasteiger partial charge in [-0.3, -0.25) is 14.9 Å². The van der Waals surface area contributed by atoms with E-state index >= 15 is 0 Å². The summed E-state index contributed by atoms with van der Waals surface area (Å²) in [6.45, 7) is 2.53. The molecule has 166 valence electrons. The Bertz CT molecular complexity index is 1410. The van der Waals surface area contributed by atoms with Crippen LogP contribution in [0.4, 0.5) is 5.69 Å². The van der Waals surface area contributed by atoms with Crippen molar-refractivity contribution in [2.45, 2.75) is 13.5 Å². The van der Waals surface area contributed by atoms with Crippen LogP contribution in [0.15, 0.2) is 71.8 Å². The first-order valence-corrected chi connectivity index (χ1v) is 10.7. The Labute approximate surface area is 199 Å². The Balaban J connectivity index is 1.64. The number of hydrogen-bond donors (Lipinski definition) is 1. The molecule has 0 unspecified atom stereocenters. The zero-order valence-corrected chi connectivity index (χ0v) is 19.0. The number of halogens is 2. The molecule has 0 spiro atoms. The quantitative estimate of drug-likeness (QED) is 0.209. The molecule has 1 amide bonds. The number of carbonyl (C=O) groups excluding carboxylic acids is 1. The minimum atomic E-state index is -0.657. The summed E-state index contributed by atoms with van der Waals surface area (Å²) in [5.41, 5.74) is 5.80. The lowest BCUT2D eigenvalue weighted by Crippen LogP contribution is -2.19. The predicted molar refractivity (Wildman–Crippen MR) is 130 cm³/mol. The molecule has 1 N–H and O–H groups in total. The van der Waals surface area contributed by atoms with Gasteiger partial charge in [-0.2, -0.15) is 5.10 Å². The van der Waals surface area contributed by atoms with E-state index in [0.29, 0.717) is 16.6 Å². The maximum atomic E-state index is 12.5. The molecule has 0 bridgehead atoms. The van der Waals surface area contributed by atoms with E-state index in [2.05, 4.69) is 15.1 Å². The highest BCUT2D eigenvalue weighted by Crippen LogP contribution is 2.28. The van der Waals surface area contributed by atoms with Crippen molar-refractivity contribution in [2.75, 3.05) is 0 Å². The number of aromatic nitrogens is 1. The van der Waals surface area contributed by atoms with Crippen LogP contribution in [0.25, 0.3) is 10.9 Å². The smallest absolute Gasteiger partial charge is 0.282 e. The number of benzene rings is 3. The first-order chi connectivity index (χ1) is 15.9. The van der Waals surface area contributed by atoms with Crippen LogP contribution in [0, 0.1) is 17.0 Å². The largest absolute Gasteiger partial charge is 0.340 e. The number of hydrazone groups is 1. The van der Waals surface area contributed by atoms with Crippen molar-refractivity contribution in [2.24, 2.45) is 5.10 Å². The number of nitrogens with one attached hydrogen (secondary N) is 1. The van der Waals surface area contributed by atoms with Crippen LogP contribution in [-0.2, 0) is 6.54 Å². The van der Waals surface area contributed by atoms with Crippen molar-refractivity contribution in [1.29, 1.82) is 0 Å². The van der Waals surface area contributed by atoms with Gasteiger partial charge in [0.2, 0.25) is 0 Å². The first kappa shape index (κ1) is 22.5. The van der Waals surface area contributed by atoms with Crippen molar-refractivity contribution >= 4 is 51.9 Å². The normalized spacial score (nSPS) is 11.2. The van der Waals surface area contributed by atoms with Gasteiger partial charge >= 0.3 is 0 Å². The molecule has 4 rings (SSSR count). The van der Waals surface area contributed by atoms with Gasteiger partial charge < -0.3 is 4.57 Å². The molecule has 1 heterocycles. The van der Waals surface area contributed by atoms with Crippen LogP contribution in [0.3, 0.4) is 0 Å². The fourth-order valence-electron chi connectivity index (χ4n) is 3.69. The summed E-state index contributed by atoms with van der Waals surface area (Å²) in [5.74, 6) is -0.657. The van der Waals surface area contributed by atoms with E-state index in [0.717, 1.165) is 27.7 Å². The number of carbonyl (C=O) groups is 1. The Morgan fingerprint density at radius 3 is 2.58 bits per heavy atom. The van der Waals surface area contributed by atoms with Crippen LogP contribution < -0.4 is 5.43 Å². The highest BCUT2D eigenvalue weighted by molar-refractivity contribution is 6.42. The van der Waals surface area contributed by atoms with Crippen LogP contribution in [0.5, 0.6) is 0 Å². The van der Waals surface area contributed by atoms with E-state index in [1.54, 1.807) is 18.3 Å². The second-order valence-electron chi connectivity index (χ2n) is 7.32. The van der Waals surface area contributed by atoms with Gasteiger partial charge in [-0.1, -0.05) is 59.6 Å². The summed E-state index contributed by atoms with van der Waals surface area (Å²) in [6, 6.07) is 19.1. The molecule has 0 aliphatic carbocycles. The Kier molecular flexibility index (Phi) is 6.44. The average molecular weight is 481 g/mol. The monoisotopic (exact) mass is 480 g/mol. The van der Waals surface area contributed by atoms with Gasteiger partial charge in [0.15, 0.2) is 0 Å². The van der Waals surface area contributed by atoms with Gasteiger partial charge in [0.25, 0.3) is 11.6 Å². The summed E-state index contributed by atoms with van der Waals surface area (Å²) >= 11 is 12.2. The second kappa shape index (κ2) is 9.44. The molecule has 0 saturated carbocycles. The number of nitro groups is 1. The van der Waals surface area contributed by atoms with Crippen molar-refractivity contribution < 1.29 is 9.72 Å². The third kappa shape index (κ3) is 4.60. The number of amides is 1. The van der Waals surface area contributed by atoms with Crippen LogP contribution in [0.1, 0.15) is 27.2 Å². The van der Waals surface area contributed by atoms with Gasteiger partial charge in [0.05, 0.1) is 21.2 Å². The number of para-hydroxylation sites is 2. The summed E-state index contributed by atoms with van der Waals surface area (Å²) < 4.78 is 2.13. The van der Waals surface area contributed by atoms with Crippen LogP contribution in [-0.4, -0.2) is 21.6 Å². The molecule has 1 aromatic heterocycles. The van der Waals surface area contributed by atoms with Crippen molar-refractivity contribution in [1.82, 2.24) is 9.99 Å². The molecule has 0 aliphatic rings. The molecule has 4 aromatic rings. The zero-order chi connectivity index (χ0) is 23.5. The molecule has 3 aromatic carbocycles. The lowest BCUT2D eigenvalue weighted by Gasteiger charge is -2.09. The molecular formula is C24H18Cl2N4O3. The van der Waals surface area contributed by atoms with Crippen molar-refractivity contribution in [3.63, 3.8) is 0 Å². The predicted octanol–water partition coefficient (Wildman–Crippen LogP) is 5.98. The lowest BCUT2D eigenvalue weighted by molar-refractivity contribution is -0.385. The molecule has 0 atom stereocenters. The van der Waals surface area contributed by atoms with Crippen LogP contribution >= 0.6 is 23.2 Å². The Morgan fingerprint density at radius 1 is 1.09 bits per heavy atom. The number of rotatable bonds is 6. The van der Waals surface area contributed by atoms with Crippen LogP contribution in [0.2, 0.25) is 10.0 Å². The van der Waals surface area contributed by atoms with E-state index < -0.39 is 10.8 Å². The maximum Gasteiger partial charge on any atom is 0.282 e. The fraction of sp³-hybridized carbons (Fsp3) is 0.0833. The zero-order valence-electron chi connectivity index (χ0n) is 17.5. The SMILES string of the molecule is Cc1c(/C=N\NC(=O)c2ccccc2[N+](=O)[O-])c2ccccc2n1Cc1ccc(Cl)c(Cl)c1. The molecule has 7 nitrogen and oxygen atoms in total. The Morgan fingerprint density at radius 2 is 1.82 bits per heavy atom. The van der Waals surface area contributed by atoms with Gasteiger partial charge in [-0.15, -0.1) is 0 Å². The third-order valence-corrected chi connectivity index (χ3v) is 6.05. The fourth-order valence-corrected chi connectivity index (χ4v) is 4.01. The van der Waals surface area contributed by atoms with Gasteiger partial charge in [0, 0.05) is 34.8 Å². The van der Waals surface area contributed by atoms with Gasteiger partial charge in [-0.25, -0.2) is 5.43 Å². The number of hydrogen-bond acceptors (Lipinski definition) is 4. The Hall–Kier alpha value is -3.68. The van der Waals surface area contributed by atoms with E-state index in [1.807, 2.05) is 43.3 Å². The molecule has 0 radical (unpaired) electrons. The van der Waals surface area contributed by atoms with E-state index in [9.17, 15) is 14.9 Å². The number of fused-ring (bicyclic) bond motifs is 1. The molecule has 0 aliphatic heterocycles. The van der Waals surface area contributed by atoms with Crippen molar-refractivity contribution in [3.8, 4) is 0 Å². The first-order valence-electron chi connectivity index (χ1n) is 9.95. The summed E-state index contributed by atoms with van der Waals surface area (Å²) in [7, 11) is 0. The van der Waals surface area contributed by atoms with E-state index in [4.69, 9.17) is 23.2 Å². The summed E-state index contributed by atoms with van der Waals surface area (Å²) in [6.07, 6.45) is 1.55. The van der Waals surface area contributed by atoms with Gasteiger partial charge in [0.1, 0.15) is 5.56 Å². The summed E-state index contributed by atoms with van der Waals surface area (Å²) in [5, 5.41) is 17.2. The molecule has 0 saturated heterocycles. The third-order valence-electron chi connectivity index (χ3n) is 5.31. The van der Waals surface area contributed by atoms with Gasteiger partial charge in [-0.05, 0) is 36.8 Å². The van der Waals surface area contributed by atoms with Crippen molar-refractivity contribution in [3.05, 3.63) is 109 Å². The minimum Gasteiger partial charge on any atom is -0.340 e. The van der Waals surface area contributed by atoms with E-state index in [1.165, 1.54) is 18.2 Å². The molecule has 9 heteroatoms. The molecular weight excluding hydrogens is 463 g/mol. The lowest BCUT2D eigenvalue weighted by atomic mass is 10.1. The topological polar surface area (TPSA) is 89.5 Å². The highest BCUT2D eigenvalue weighted by atomic mass is 35.5. The standard InChI is InChI=1S/C24H18Cl2N4O3/c1-15-19(13-27-28-24(31)18-7-3-5-9-23(18)30(32)33)17-6-2-4-8-22(17)29(15)14-16-10-11-20(25)21(26)12-16/h2-13H,14H2,1H3,(H,28,31)/b27-13-. The summed E-state index contributed by atoms with van der Waals surface area (Å²) in [4.78, 5) is 23.0. The number of nitro benzene ring substituents is 1. The minimum absolute atomic E-state index is 0.0570. The second-order valence-corrected chi connectivity index (χ2v) is 8.14. The highest BCUT2D eigenvalue weighted by Gasteiger charge is 2.19. The number of nitrogens with zero attached hydrogens (tertiary/aromatic N) is 3. The van der Waals surface area contributed by atoms with E-state index in [-0.39, 0.29) is 11.3 Å². The maximum absolute atomic E-state index is 12.5. The molecule has 0 fully saturated rings. The average Bonchev–Trinajstić information content (AvgIpc) is 3.07.